The van der Waals surface area contributed by atoms with Crippen molar-refractivity contribution in [1.29, 1.82) is 0 Å². The first kappa shape index (κ1) is 17.9. The number of halogens is 1. The lowest BCUT2D eigenvalue weighted by atomic mass is 10.1. The lowest BCUT2D eigenvalue weighted by Gasteiger charge is -2.22. The number of benzene rings is 2. The van der Waals surface area contributed by atoms with Crippen molar-refractivity contribution >= 4 is 23.2 Å². The standard InChI is InChI=1S/C20H22FN3O2/c21-16-7-3-14(4-8-16)5-10-19(25)23-17-13-15(20(22)26)6-9-18(17)24-11-1-2-12-24/h3-4,6-9,13H,1-2,5,10-12H2,(H2,22,26)(H,23,25). The van der Waals surface area contributed by atoms with Crippen molar-refractivity contribution in [2.24, 2.45) is 5.73 Å². The van der Waals surface area contributed by atoms with Crippen molar-refractivity contribution in [1.82, 2.24) is 0 Å². The minimum absolute atomic E-state index is 0.156. The van der Waals surface area contributed by atoms with Crippen LogP contribution in [0.5, 0.6) is 0 Å². The number of primary amides is 1. The Labute approximate surface area is 152 Å². The third-order valence-corrected chi connectivity index (χ3v) is 4.56. The van der Waals surface area contributed by atoms with Gasteiger partial charge in [-0.3, -0.25) is 9.59 Å². The van der Waals surface area contributed by atoms with E-state index in [0.29, 0.717) is 17.7 Å². The number of aryl methyl sites for hydroxylation is 1. The van der Waals surface area contributed by atoms with Gasteiger partial charge < -0.3 is 16.0 Å². The van der Waals surface area contributed by atoms with E-state index in [1.54, 1.807) is 24.3 Å². The first-order valence-electron chi connectivity index (χ1n) is 8.76. The number of nitrogens with one attached hydrogen (secondary N) is 1. The number of carbonyl (C=O) groups is 2. The smallest absolute Gasteiger partial charge is 0.248 e. The number of carbonyl (C=O) groups excluding carboxylic acids is 2. The van der Waals surface area contributed by atoms with E-state index in [0.717, 1.165) is 37.2 Å². The molecule has 1 fully saturated rings. The van der Waals surface area contributed by atoms with E-state index in [2.05, 4.69) is 10.2 Å². The minimum Gasteiger partial charge on any atom is -0.370 e. The molecule has 0 unspecified atom stereocenters. The van der Waals surface area contributed by atoms with Crippen LogP contribution in [0.25, 0.3) is 0 Å². The second kappa shape index (κ2) is 7.99. The second-order valence-electron chi connectivity index (χ2n) is 6.46. The summed E-state index contributed by atoms with van der Waals surface area (Å²) in [4.78, 5) is 26.1. The Morgan fingerprint density at radius 3 is 2.42 bits per heavy atom. The topological polar surface area (TPSA) is 75.4 Å². The molecule has 2 aromatic carbocycles. The zero-order valence-electron chi connectivity index (χ0n) is 14.5. The van der Waals surface area contributed by atoms with Crippen molar-refractivity contribution in [3.63, 3.8) is 0 Å². The average Bonchev–Trinajstić information content (AvgIpc) is 3.15. The first-order chi connectivity index (χ1) is 12.5. The Morgan fingerprint density at radius 2 is 1.77 bits per heavy atom. The zero-order valence-corrected chi connectivity index (χ0v) is 14.5. The number of anilines is 2. The molecule has 2 amide bonds. The molecule has 3 rings (SSSR count). The molecule has 0 spiro atoms. The van der Waals surface area contributed by atoms with Gasteiger partial charge in [-0.1, -0.05) is 12.1 Å². The second-order valence-corrected chi connectivity index (χ2v) is 6.46. The fraction of sp³-hybridized carbons (Fsp3) is 0.300. The van der Waals surface area contributed by atoms with Crippen molar-refractivity contribution in [2.75, 3.05) is 23.3 Å². The van der Waals surface area contributed by atoms with E-state index in [9.17, 15) is 14.0 Å². The molecule has 0 radical (unpaired) electrons. The fourth-order valence-electron chi connectivity index (χ4n) is 3.14. The van der Waals surface area contributed by atoms with Gasteiger partial charge in [-0.25, -0.2) is 4.39 Å². The van der Waals surface area contributed by atoms with Gasteiger partial charge in [0.1, 0.15) is 5.82 Å². The summed E-state index contributed by atoms with van der Waals surface area (Å²) in [5.74, 6) is -0.979. The van der Waals surface area contributed by atoms with E-state index >= 15 is 0 Å². The van der Waals surface area contributed by atoms with E-state index < -0.39 is 5.91 Å². The molecule has 5 nitrogen and oxygen atoms in total. The van der Waals surface area contributed by atoms with Crippen LogP contribution in [0.15, 0.2) is 42.5 Å². The molecule has 0 aliphatic carbocycles. The molecule has 26 heavy (non-hydrogen) atoms. The van der Waals surface area contributed by atoms with Crippen molar-refractivity contribution in [3.8, 4) is 0 Å². The highest BCUT2D eigenvalue weighted by molar-refractivity contribution is 5.99. The summed E-state index contributed by atoms with van der Waals surface area (Å²) in [6, 6.07) is 11.3. The van der Waals surface area contributed by atoms with Crippen molar-refractivity contribution in [3.05, 3.63) is 59.4 Å². The summed E-state index contributed by atoms with van der Waals surface area (Å²) in [6.07, 6.45) is 3.00. The zero-order chi connectivity index (χ0) is 18.5. The molecule has 1 aliphatic rings. The first-order valence-corrected chi connectivity index (χ1v) is 8.76. The molecule has 1 saturated heterocycles. The average molecular weight is 355 g/mol. The minimum atomic E-state index is -0.528. The van der Waals surface area contributed by atoms with Gasteiger partial charge in [0, 0.05) is 25.1 Å². The number of hydrogen-bond donors (Lipinski definition) is 2. The van der Waals surface area contributed by atoms with Gasteiger partial charge in [-0.2, -0.15) is 0 Å². The molecule has 0 aromatic heterocycles. The maximum Gasteiger partial charge on any atom is 0.248 e. The largest absolute Gasteiger partial charge is 0.370 e. The van der Waals surface area contributed by atoms with Crippen LogP contribution in [0.1, 0.15) is 35.2 Å². The number of amides is 2. The van der Waals surface area contributed by atoms with E-state index in [-0.39, 0.29) is 18.1 Å². The quantitative estimate of drug-likeness (QED) is 0.836. The summed E-state index contributed by atoms with van der Waals surface area (Å²) < 4.78 is 12.9. The number of nitrogens with two attached hydrogens (primary N) is 1. The van der Waals surface area contributed by atoms with E-state index in [4.69, 9.17) is 5.73 Å². The van der Waals surface area contributed by atoms with Crippen molar-refractivity contribution < 1.29 is 14.0 Å². The molecule has 0 saturated carbocycles. The maximum absolute atomic E-state index is 12.9. The molecule has 1 heterocycles. The molecule has 0 atom stereocenters. The third kappa shape index (κ3) is 4.39. The number of rotatable bonds is 6. The van der Waals surface area contributed by atoms with Crippen molar-refractivity contribution in [2.45, 2.75) is 25.7 Å². The predicted molar refractivity (Wildman–Crippen MR) is 99.8 cm³/mol. The van der Waals surface area contributed by atoms with Gasteiger partial charge in [-0.05, 0) is 55.2 Å². The molecule has 1 aliphatic heterocycles. The summed E-state index contributed by atoms with van der Waals surface area (Å²) >= 11 is 0. The fourth-order valence-corrected chi connectivity index (χ4v) is 3.14. The lowest BCUT2D eigenvalue weighted by Crippen LogP contribution is -2.22. The van der Waals surface area contributed by atoms with Gasteiger partial charge in [0.05, 0.1) is 11.4 Å². The summed E-state index contributed by atoms with van der Waals surface area (Å²) in [5, 5.41) is 2.90. The van der Waals surface area contributed by atoms with Crippen LogP contribution in [-0.4, -0.2) is 24.9 Å². The van der Waals surface area contributed by atoms with Gasteiger partial charge in [0.2, 0.25) is 11.8 Å². The normalized spacial score (nSPS) is 13.7. The van der Waals surface area contributed by atoms with Crippen LogP contribution in [0.2, 0.25) is 0 Å². The molecular weight excluding hydrogens is 333 g/mol. The Kier molecular flexibility index (Phi) is 5.51. The SMILES string of the molecule is NC(=O)c1ccc(N2CCCC2)c(NC(=O)CCc2ccc(F)cc2)c1. The molecule has 136 valence electrons. The number of hydrogen-bond acceptors (Lipinski definition) is 3. The highest BCUT2D eigenvalue weighted by atomic mass is 19.1. The molecule has 0 bridgehead atoms. The Balaban J connectivity index is 1.71. The van der Waals surface area contributed by atoms with Crippen LogP contribution >= 0.6 is 0 Å². The summed E-state index contributed by atoms with van der Waals surface area (Å²) in [6.45, 7) is 1.85. The molecule has 3 N–H and O–H groups in total. The Hall–Kier alpha value is -2.89. The molecule has 2 aromatic rings. The Bertz CT molecular complexity index is 799. The van der Waals surface area contributed by atoms with Gasteiger partial charge in [-0.15, -0.1) is 0 Å². The van der Waals surface area contributed by atoms with Crippen LogP contribution in [0.3, 0.4) is 0 Å². The highest BCUT2D eigenvalue weighted by Crippen LogP contribution is 2.30. The predicted octanol–water partition coefficient (Wildman–Crippen LogP) is 3.10. The maximum atomic E-state index is 12.9. The third-order valence-electron chi connectivity index (χ3n) is 4.56. The van der Waals surface area contributed by atoms with Crippen LogP contribution < -0.4 is 16.0 Å². The Morgan fingerprint density at radius 1 is 1.08 bits per heavy atom. The monoisotopic (exact) mass is 355 g/mol. The number of nitrogens with zero attached hydrogens (tertiary/aromatic N) is 1. The van der Waals surface area contributed by atoms with Crippen LogP contribution in [-0.2, 0) is 11.2 Å². The molecular formula is C20H22FN3O2. The van der Waals surface area contributed by atoms with Gasteiger partial charge in [0.25, 0.3) is 0 Å². The summed E-state index contributed by atoms with van der Waals surface area (Å²) in [7, 11) is 0. The van der Waals surface area contributed by atoms with Gasteiger partial charge >= 0.3 is 0 Å². The molecule has 6 heteroatoms. The van der Waals surface area contributed by atoms with Gasteiger partial charge in [0.15, 0.2) is 0 Å². The highest BCUT2D eigenvalue weighted by Gasteiger charge is 2.18. The van der Waals surface area contributed by atoms with E-state index in [1.807, 2.05) is 6.07 Å². The van der Waals surface area contributed by atoms with Crippen LogP contribution in [0.4, 0.5) is 15.8 Å². The van der Waals surface area contributed by atoms with Crippen LogP contribution in [0, 0.1) is 5.82 Å². The summed E-state index contributed by atoms with van der Waals surface area (Å²) in [5.41, 5.74) is 8.14. The van der Waals surface area contributed by atoms with E-state index in [1.165, 1.54) is 12.1 Å². The lowest BCUT2D eigenvalue weighted by molar-refractivity contribution is -0.116.